The lowest BCUT2D eigenvalue weighted by atomic mass is 9.96. The van der Waals surface area contributed by atoms with Gasteiger partial charge in [0.25, 0.3) is 5.91 Å². The number of ether oxygens (including phenoxy) is 1. The van der Waals surface area contributed by atoms with Gasteiger partial charge in [0.1, 0.15) is 23.0 Å². The van der Waals surface area contributed by atoms with Crippen LogP contribution in [0.1, 0.15) is 31.3 Å². The van der Waals surface area contributed by atoms with E-state index in [1.54, 1.807) is 52.1 Å². The number of amides is 1. The molecule has 2 rings (SSSR count). The summed E-state index contributed by atoms with van der Waals surface area (Å²) >= 11 is 1.22. The van der Waals surface area contributed by atoms with E-state index in [-0.39, 0.29) is 12.2 Å². The van der Waals surface area contributed by atoms with Crippen molar-refractivity contribution in [2.45, 2.75) is 26.9 Å². The summed E-state index contributed by atoms with van der Waals surface area (Å²) in [4.78, 5) is 17.6. The van der Waals surface area contributed by atoms with Crippen molar-refractivity contribution < 1.29 is 22.7 Å². The second-order valence-electron chi connectivity index (χ2n) is 7.10. The van der Waals surface area contributed by atoms with E-state index in [0.717, 1.165) is 10.5 Å². The minimum Gasteiger partial charge on any atom is -0.497 e. The number of methoxy groups -OCH3 is 1. The number of hydrogen-bond donors (Lipinski definition) is 0. The molecule has 1 aromatic heterocycles. The average molecular weight is 386 g/mol. The van der Waals surface area contributed by atoms with Gasteiger partial charge in [0.15, 0.2) is 0 Å². The molecule has 0 aliphatic carbocycles. The molecule has 0 aliphatic rings. The van der Waals surface area contributed by atoms with Gasteiger partial charge in [-0.2, -0.15) is 13.2 Å². The van der Waals surface area contributed by atoms with Crippen LogP contribution in [0.2, 0.25) is 0 Å². The van der Waals surface area contributed by atoms with E-state index < -0.39 is 24.0 Å². The molecular weight excluding hydrogens is 365 g/mol. The maximum Gasteiger partial charge on any atom is 0.406 e. The molecular formula is C18H21F3N2O2S. The molecule has 0 saturated carbocycles. The Balaban J connectivity index is 2.24. The standard InChI is InChI=1S/C18H21F3N2O2S/c1-17(2,3)10-23(11-18(19,20)21)16(24)14-9-26-15(22-14)12-5-7-13(25-4)8-6-12/h5-9H,10-11H2,1-4H3. The molecule has 142 valence electrons. The van der Waals surface area contributed by atoms with Crippen molar-refractivity contribution >= 4 is 17.2 Å². The Morgan fingerprint density at radius 2 is 1.77 bits per heavy atom. The number of carbonyl (C=O) groups excluding carboxylic acids is 1. The van der Waals surface area contributed by atoms with Gasteiger partial charge in [-0.05, 0) is 29.7 Å². The van der Waals surface area contributed by atoms with Crippen LogP contribution in [0.4, 0.5) is 13.2 Å². The van der Waals surface area contributed by atoms with Crippen LogP contribution in [-0.4, -0.2) is 42.2 Å². The molecule has 0 unspecified atom stereocenters. The first-order valence-corrected chi connectivity index (χ1v) is 8.82. The lowest BCUT2D eigenvalue weighted by Crippen LogP contribution is -2.43. The molecule has 0 radical (unpaired) electrons. The van der Waals surface area contributed by atoms with E-state index in [9.17, 15) is 18.0 Å². The molecule has 0 fully saturated rings. The van der Waals surface area contributed by atoms with Crippen molar-refractivity contribution in [3.8, 4) is 16.3 Å². The Labute approximate surface area is 154 Å². The number of alkyl halides is 3. The summed E-state index contributed by atoms with van der Waals surface area (Å²) in [6.07, 6.45) is -4.46. The number of hydrogen-bond acceptors (Lipinski definition) is 4. The molecule has 26 heavy (non-hydrogen) atoms. The van der Waals surface area contributed by atoms with E-state index in [2.05, 4.69) is 4.98 Å². The second kappa shape index (κ2) is 7.65. The highest BCUT2D eigenvalue weighted by molar-refractivity contribution is 7.13. The van der Waals surface area contributed by atoms with Crippen LogP contribution in [-0.2, 0) is 0 Å². The summed E-state index contributed by atoms with van der Waals surface area (Å²) < 4.78 is 43.7. The molecule has 0 bridgehead atoms. The Morgan fingerprint density at radius 3 is 2.27 bits per heavy atom. The molecule has 0 saturated heterocycles. The number of halogens is 3. The fourth-order valence-electron chi connectivity index (χ4n) is 2.39. The first-order valence-electron chi connectivity index (χ1n) is 7.94. The molecule has 8 heteroatoms. The average Bonchev–Trinajstić information content (AvgIpc) is 3.01. The van der Waals surface area contributed by atoms with Crippen molar-refractivity contribution in [2.24, 2.45) is 5.41 Å². The van der Waals surface area contributed by atoms with E-state index in [1.165, 1.54) is 16.7 Å². The van der Waals surface area contributed by atoms with Crippen LogP contribution in [0.15, 0.2) is 29.6 Å². The predicted molar refractivity (Wildman–Crippen MR) is 95.5 cm³/mol. The van der Waals surface area contributed by atoms with Gasteiger partial charge in [-0.25, -0.2) is 4.98 Å². The Kier molecular flexibility index (Phi) is 5.95. The van der Waals surface area contributed by atoms with Gasteiger partial charge in [-0.1, -0.05) is 20.8 Å². The fraction of sp³-hybridized carbons (Fsp3) is 0.444. The molecule has 0 N–H and O–H groups in total. The van der Waals surface area contributed by atoms with Gasteiger partial charge < -0.3 is 9.64 Å². The first kappa shape index (κ1) is 20.2. The Hall–Kier alpha value is -2.09. The van der Waals surface area contributed by atoms with Gasteiger partial charge in [-0.15, -0.1) is 11.3 Å². The number of aromatic nitrogens is 1. The molecule has 1 aromatic carbocycles. The topological polar surface area (TPSA) is 42.4 Å². The van der Waals surface area contributed by atoms with Gasteiger partial charge >= 0.3 is 6.18 Å². The van der Waals surface area contributed by atoms with E-state index >= 15 is 0 Å². The minimum atomic E-state index is -4.46. The summed E-state index contributed by atoms with van der Waals surface area (Å²) in [5, 5.41) is 2.06. The van der Waals surface area contributed by atoms with Crippen LogP contribution >= 0.6 is 11.3 Å². The number of rotatable bonds is 5. The molecule has 4 nitrogen and oxygen atoms in total. The molecule has 0 atom stereocenters. The third kappa shape index (κ3) is 5.72. The highest BCUT2D eigenvalue weighted by Crippen LogP contribution is 2.28. The van der Waals surface area contributed by atoms with Gasteiger partial charge in [0, 0.05) is 17.5 Å². The molecule has 0 aliphatic heterocycles. The molecule has 1 amide bonds. The predicted octanol–water partition coefficient (Wildman–Crippen LogP) is 4.87. The van der Waals surface area contributed by atoms with Crippen molar-refractivity contribution in [3.63, 3.8) is 0 Å². The third-order valence-electron chi connectivity index (χ3n) is 3.38. The van der Waals surface area contributed by atoms with Gasteiger partial charge in [0.2, 0.25) is 0 Å². The lowest BCUT2D eigenvalue weighted by molar-refractivity contribution is -0.142. The summed E-state index contributed by atoms with van der Waals surface area (Å²) in [6, 6.07) is 7.09. The SMILES string of the molecule is COc1ccc(-c2nc(C(=O)N(CC(C)(C)C)CC(F)(F)F)cs2)cc1. The largest absolute Gasteiger partial charge is 0.497 e. The smallest absolute Gasteiger partial charge is 0.406 e. The van der Waals surface area contributed by atoms with Crippen LogP contribution in [0.25, 0.3) is 10.6 Å². The zero-order valence-electron chi connectivity index (χ0n) is 15.1. The molecule has 1 heterocycles. The summed E-state index contributed by atoms with van der Waals surface area (Å²) in [7, 11) is 1.56. The summed E-state index contributed by atoms with van der Waals surface area (Å²) in [6.45, 7) is 4.05. The zero-order chi connectivity index (χ0) is 19.5. The number of carbonyl (C=O) groups is 1. The zero-order valence-corrected chi connectivity index (χ0v) is 15.9. The van der Waals surface area contributed by atoms with Crippen LogP contribution < -0.4 is 4.74 Å². The monoisotopic (exact) mass is 386 g/mol. The maximum atomic E-state index is 12.9. The first-order chi connectivity index (χ1) is 12.0. The molecule has 2 aromatic rings. The highest BCUT2D eigenvalue weighted by atomic mass is 32.1. The van der Waals surface area contributed by atoms with Crippen molar-refractivity contribution in [3.05, 3.63) is 35.3 Å². The minimum absolute atomic E-state index is 0.0132. The number of thiazole rings is 1. The quantitative estimate of drug-likeness (QED) is 0.736. The van der Waals surface area contributed by atoms with E-state index in [4.69, 9.17) is 4.74 Å². The van der Waals surface area contributed by atoms with Gasteiger partial charge in [0.05, 0.1) is 7.11 Å². The fourth-order valence-corrected chi connectivity index (χ4v) is 3.19. The van der Waals surface area contributed by atoms with E-state index in [1.807, 2.05) is 0 Å². The Bertz CT molecular complexity index is 733. The van der Waals surface area contributed by atoms with Crippen LogP contribution in [0, 0.1) is 5.41 Å². The van der Waals surface area contributed by atoms with Crippen molar-refractivity contribution in [1.29, 1.82) is 0 Å². The lowest BCUT2D eigenvalue weighted by Gasteiger charge is -2.30. The summed E-state index contributed by atoms with van der Waals surface area (Å²) in [5.41, 5.74) is 0.331. The normalized spacial score (nSPS) is 12.1. The maximum absolute atomic E-state index is 12.9. The summed E-state index contributed by atoms with van der Waals surface area (Å²) in [5.74, 6) is -0.0311. The Morgan fingerprint density at radius 1 is 1.15 bits per heavy atom. The number of benzene rings is 1. The van der Waals surface area contributed by atoms with Crippen LogP contribution in [0.5, 0.6) is 5.75 Å². The van der Waals surface area contributed by atoms with E-state index in [0.29, 0.717) is 10.8 Å². The van der Waals surface area contributed by atoms with Crippen molar-refractivity contribution in [2.75, 3.05) is 20.2 Å². The van der Waals surface area contributed by atoms with Crippen LogP contribution in [0.3, 0.4) is 0 Å². The molecule has 0 spiro atoms. The number of nitrogens with zero attached hydrogens (tertiary/aromatic N) is 2. The third-order valence-corrected chi connectivity index (χ3v) is 4.27. The van der Waals surface area contributed by atoms with Crippen molar-refractivity contribution in [1.82, 2.24) is 9.88 Å². The van der Waals surface area contributed by atoms with Gasteiger partial charge in [-0.3, -0.25) is 4.79 Å². The highest BCUT2D eigenvalue weighted by Gasteiger charge is 2.35. The second-order valence-corrected chi connectivity index (χ2v) is 7.96.